The standard InChI is InChI=1S/C53H32N4O/c1-3-15-34(16-4-1)51-54-52(35-17-5-2-6-18-35)56-53(55-51)42-28-27-38(57-45-24-12-11-22-40(45)44-30-36-19-7-8-20-37(36)31-46(44)57)32-43(42)41-23-13-25-47-50(41)49-39-21-10-9-14-33(39)26-29-48(49)58-47/h1-32H. The number of para-hydroxylation sites is 1. The molecule has 0 aliphatic rings. The number of furan rings is 1. The molecule has 3 aromatic heterocycles. The Hall–Kier alpha value is -7.89. The molecule has 0 aliphatic heterocycles. The molecular formula is C53H32N4O. The molecule has 5 nitrogen and oxygen atoms in total. The lowest BCUT2D eigenvalue weighted by atomic mass is 9.93. The molecule has 5 heteroatoms. The largest absolute Gasteiger partial charge is 0.456 e. The molecule has 12 aromatic rings. The Balaban J connectivity index is 1.20. The van der Waals surface area contributed by atoms with Crippen molar-refractivity contribution < 1.29 is 4.42 Å². The minimum atomic E-state index is 0.595. The zero-order valence-electron chi connectivity index (χ0n) is 31.2. The molecule has 0 fully saturated rings. The zero-order valence-corrected chi connectivity index (χ0v) is 31.2. The Bertz CT molecular complexity index is 3510. The molecule has 0 radical (unpaired) electrons. The average Bonchev–Trinajstić information content (AvgIpc) is 3.84. The van der Waals surface area contributed by atoms with Crippen molar-refractivity contribution in [3.8, 4) is 51.0 Å². The molecule has 12 rings (SSSR count). The maximum atomic E-state index is 6.63. The van der Waals surface area contributed by atoms with Gasteiger partial charge in [0.15, 0.2) is 17.5 Å². The minimum Gasteiger partial charge on any atom is -0.456 e. The summed E-state index contributed by atoms with van der Waals surface area (Å²) in [6.07, 6.45) is 0. The van der Waals surface area contributed by atoms with E-state index in [1.807, 2.05) is 60.7 Å². The zero-order chi connectivity index (χ0) is 38.2. The summed E-state index contributed by atoms with van der Waals surface area (Å²) in [4.78, 5) is 15.5. The second kappa shape index (κ2) is 12.8. The van der Waals surface area contributed by atoms with Crippen molar-refractivity contribution in [1.82, 2.24) is 19.5 Å². The lowest BCUT2D eigenvalue weighted by Crippen LogP contribution is -2.02. The van der Waals surface area contributed by atoms with Gasteiger partial charge in [-0.1, -0.05) is 146 Å². The van der Waals surface area contributed by atoms with Crippen molar-refractivity contribution in [3.05, 3.63) is 194 Å². The minimum absolute atomic E-state index is 0.595. The second-order valence-electron chi connectivity index (χ2n) is 14.8. The van der Waals surface area contributed by atoms with Gasteiger partial charge in [0.25, 0.3) is 0 Å². The van der Waals surface area contributed by atoms with E-state index in [1.54, 1.807) is 0 Å². The Labute approximate surface area is 333 Å². The van der Waals surface area contributed by atoms with Gasteiger partial charge in [-0.05, 0) is 81.2 Å². The van der Waals surface area contributed by atoms with Crippen molar-refractivity contribution >= 4 is 65.3 Å². The number of hydrogen-bond donors (Lipinski definition) is 0. The number of nitrogens with zero attached hydrogens (tertiary/aromatic N) is 4. The third-order valence-electron chi connectivity index (χ3n) is 11.4. The van der Waals surface area contributed by atoms with Crippen molar-refractivity contribution in [3.63, 3.8) is 0 Å². The highest BCUT2D eigenvalue weighted by molar-refractivity contribution is 6.23. The van der Waals surface area contributed by atoms with Crippen LogP contribution in [0.25, 0.3) is 116 Å². The van der Waals surface area contributed by atoms with Crippen LogP contribution in [0.5, 0.6) is 0 Å². The molecule has 0 aliphatic carbocycles. The first-order chi connectivity index (χ1) is 28.7. The molecular weight excluding hydrogens is 709 g/mol. The smallest absolute Gasteiger partial charge is 0.164 e. The van der Waals surface area contributed by atoms with E-state index in [4.69, 9.17) is 19.4 Å². The van der Waals surface area contributed by atoms with Crippen molar-refractivity contribution in [2.24, 2.45) is 0 Å². The highest BCUT2D eigenvalue weighted by Gasteiger charge is 2.22. The van der Waals surface area contributed by atoms with Crippen LogP contribution >= 0.6 is 0 Å². The first-order valence-electron chi connectivity index (χ1n) is 19.5. The topological polar surface area (TPSA) is 56.7 Å². The van der Waals surface area contributed by atoms with E-state index in [0.717, 1.165) is 77.2 Å². The molecule has 270 valence electrons. The number of aromatic nitrogens is 4. The summed E-state index contributed by atoms with van der Waals surface area (Å²) in [5.74, 6) is 1.83. The van der Waals surface area contributed by atoms with Crippen LogP contribution in [0.15, 0.2) is 199 Å². The van der Waals surface area contributed by atoms with Gasteiger partial charge in [0.1, 0.15) is 11.2 Å². The Morgan fingerprint density at radius 1 is 0.345 bits per heavy atom. The van der Waals surface area contributed by atoms with E-state index in [9.17, 15) is 0 Å². The summed E-state index contributed by atoms with van der Waals surface area (Å²) in [5, 5.41) is 9.30. The molecule has 0 unspecified atom stereocenters. The van der Waals surface area contributed by atoms with Crippen molar-refractivity contribution in [2.45, 2.75) is 0 Å². The Morgan fingerprint density at radius 3 is 1.72 bits per heavy atom. The SMILES string of the molecule is c1ccc(-c2nc(-c3ccccc3)nc(-c3ccc(-n4c5ccccc5c5cc6ccccc6cc54)cc3-c3cccc4oc5ccc6ccccc6c5c34)n2)cc1. The van der Waals surface area contributed by atoms with Crippen LogP contribution in [-0.4, -0.2) is 19.5 Å². The van der Waals surface area contributed by atoms with E-state index in [2.05, 4.69) is 138 Å². The van der Waals surface area contributed by atoms with E-state index in [-0.39, 0.29) is 0 Å². The predicted molar refractivity (Wildman–Crippen MR) is 238 cm³/mol. The van der Waals surface area contributed by atoms with Crippen LogP contribution in [0, 0.1) is 0 Å². The molecule has 0 bridgehead atoms. The van der Waals surface area contributed by atoms with Gasteiger partial charge in [-0.3, -0.25) is 0 Å². The molecule has 0 N–H and O–H groups in total. The Morgan fingerprint density at radius 2 is 0.966 bits per heavy atom. The maximum absolute atomic E-state index is 6.63. The van der Waals surface area contributed by atoms with Gasteiger partial charge < -0.3 is 8.98 Å². The van der Waals surface area contributed by atoms with E-state index in [0.29, 0.717) is 17.5 Å². The summed E-state index contributed by atoms with van der Waals surface area (Å²) < 4.78 is 9.03. The Kier molecular flexibility index (Phi) is 7.16. The monoisotopic (exact) mass is 740 g/mol. The van der Waals surface area contributed by atoms with Gasteiger partial charge in [0, 0.05) is 43.9 Å². The number of benzene rings is 9. The summed E-state index contributed by atoms with van der Waals surface area (Å²) in [7, 11) is 0. The van der Waals surface area contributed by atoms with Gasteiger partial charge >= 0.3 is 0 Å². The van der Waals surface area contributed by atoms with Gasteiger partial charge in [-0.25, -0.2) is 15.0 Å². The molecule has 3 heterocycles. The van der Waals surface area contributed by atoms with E-state index < -0.39 is 0 Å². The van der Waals surface area contributed by atoms with Crippen LogP contribution in [0.1, 0.15) is 0 Å². The van der Waals surface area contributed by atoms with Crippen molar-refractivity contribution in [1.29, 1.82) is 0 Å². The van der Waals surface area contributed by atoms with Gasteiger partial charge in [-0.15, -0.1) is 0 Å². The maximum Gasteiger partial charge on any atom is 0.164 e. The summed E-state index contributed by atoms with van der Waals surface area (Å²) in [6.45, 7) is 0. The molecule has 0 saturated heterocycles. The van der Waals surface area contributed by atoms with E-state index in [1.165, 1.54) is 21.5 Å². The quantitative estimate of drug-likeness (QED) is 0.176. The third-order valence-corrected chi connectivity index (χ3v) is 11.4. The highest BCUT2D eigenvalue weighted by atomic mass is 16.3. The number of hydrogen-bond acceptors (Lipinski definition) is 4. The van der Waals surface area contributed by atoms with E-state index >= 15 is 0 Å². The average molecular weight is 741 g/mol. The third kappa shape index (κ3) is 5.07. The number of rotatable bonds is 5. The predicted octanol–water partition coefficient (Wildman–Crippen LogP) is 13.8. The highest BCUT2D eigenvalue weighted by Crippen LogP contribution is 2.44. The fourth-order valence-corrected chi connectivity index (χ4v) is 8.76. The lowest BCUT2D eigenvalue weighted by Gasteiger charge is -2.16. The summed E-state index contributed by atoms with van der Waals surface area (Å²) in [6, 6.07) is 68.0. The second-order valence-corrected chi connectivity index (χ2v) is 14.8. The lowest BCUT2D eigenvalue weighted by molar-refractivity contribution is 0.669. The first kappa shape index (κ1) is 32.4. The van der Waals surface area contributed by atoms with Gasteiger partial charge in [0.2, 0.25) is 0 Å². The van der Waals surface area contributed by atoms with Crippen LogP contribution in [-0.2, 0) is 0 Å². The summed E-state index contributed by atoms with van der Waals surface area (Å²) >= 11 is 0. The van der Waals surface area contributed by atoms with Crippen LogP contribution in [0.4, 0.5) is 0 Å². The molecule has 0 spiro atoms. The van der Waals surface area contributed by atoms with Gasteiger partial charge in [-0.2, -0.15) is 0 Å². The fraction of sp³-hybridized carbons (Fsp3) is 0. The van der Waals surface area contributed by atoms with Crippen molar-refractivity contribution in [2.75, 3.05) is 0 Å². The molecule has 0 atom stereocenters. The van der Waals surface area contributed by atoms with Crippen LogP contribution in [0.3, 0.4) is 0 Å². The van der Waals surface area contributed by atoms with Gasteiger partial charge in [0.05, 0.1) is 11.0 Å². The first-order valence-corrected chi connectivity index (χ1v) is 19.5. The van der Waals surface area contributed by atoms with Crippen LogP contribution in [0.2, 0.25) is 0 Å². The normalized spacial score (nSPS) is 11.8. The molecule has 0 saturated carbocycles. The summed E-state index contributed by atoms with van der Waals surface area (Å²) in [5.41, 5.74) is 9.79. The molecule has 9 aromatic carbocycles. The number of fused-ring (bicyclic) bond motifs is 9. The molecule has 0 amide bonds. The van der Waals surface area contributed by atoms with Crippen LogP contribution < -0.4 is 0 Å². The fourth-order valence-electron chi connectivity index (χ4n) is 8.76. The molecule has 58 heavy (non-hydrogen) atoms.